The van der Waals surface area contributed by atoms with E-state index in [1.807, 2.05) is 59.6 Å². The number of rotatable bonds is 9. The summed E-state index contributed by atoms with van der Waals surface area (Å²) >= 11 is 1.29. The first-order valence-corrected chi connectivity index (χ1v) is 15.6. The number of hydrogen-bond acceptors (Lipinski definition) is 8. The van der Waals surface area contributed by atoms with Gasteiger partial charge in [-0.3, -0.25) is 19.2 Å². The standard InChI is InChI=1S/C29H32N6O4S2/c1-34(2)25-10-4-9-23-22(25)8-5-11-26(23)41(38,39)33-21-7-3-6-20(16-21)24-18-40-29(31-24)32-27(36)17-35-14-12-19(13-15-35)28(30)37/h3-11,16,18-19,33H,12-15,17H2,1-2H3,(H2,30,37)(H,31,32,36). The van der Waals surface area contributed by atoms with E-state index in [1.54, 1.807) is 30.3 Å². The minimum atomic E-state index is -3.89. The van der Waals surface area contributed by atoms with Crippen LogP contribution in [0.1, 0.15) is 12.8 Å². The van der Waals surface area contributed by atoms with Gasteiger partial charge in [0.25, 0.3) is 10.0 Å². The van der Waals surface area contributed by atoms with Crippen LogP contribution < -0.4 is 20.7 Å². The van der Waals surface area contributed by atoms with Gasteiger partial charge in [-0.2, -0.15) is 0 Å². The first-order valence-electron chi connectivity index (χ1n) is 13.2. The maximum atomic E-state index is 13.5. The van der Waals surface area contributed by atoms with Gasteiger partial charge in [0.05, 0.1) is 17.1 Å². The second kappa shape index (κ2) is 11.9. The smallest absolute Gasteiger partial charge is 0.262 e. The lowest BCUT2D eigenvalue weighted by Gasteiger charge is -2.29. The number of primary amides is 1. The third-order valence-electron chi connectivity index (χ3n) is 7.15. The first-order chi connectivity index (χ1) is 19.6. The summed E-state index contributed by atoms with van der Waals surface area (Å²) in [6.45, 7) is 1.49. The molecule has 1 saturated heterocycles. The fraction of sp³-hybridized carbons (Fsp3) is 0.276. The molecular formula is C29H32N6O4S2. The zero-order valence-corrected chi connectivity index (χ0v) is 24.5. The predicted octanol–water partition coefficient (Wildman–Crippen LogP) is 3.97. The maximum absolute atomic E-state index is 13.5. The Bertz CT molecular complexity index is 1690. The molecule has 2 heterocycles. The Morgan fingerprint density at radius 2 is 1.76 bits per heavy atom. The molecule has 12 heteroatoms. The molecule has 0 aliphatic carbocycles. The molecule has 0 atom stereocenters. The van der Waals surface area contributed by atoms with Crippen molar-refractivity contribution < 1.29 is 18.0 Å². The number of piperidine rings is 1. The largest absolute Gasteiger partial charge is 0.377 e. The maximum Gasteiger partial charge on any atom is 0.262 e. The summed E-state index contributed by atoms with van der Waals surface area (Å²) in [5, 5.41) is 6.59. The van der Waals surface area contributed by atoms with E-state index >= 15 is 0 Å². The third kappa shape index (κ3) is 6.50. The number of nitrogens with one attached hydrogen (secondary N) is 2. The second-order valence-electron chi connectivity index (χ2n) is 10.2. The molecule has 0 saturated carbocycles. The SMILES string of the molecule is CN(C)c1cccc2c(S(=O)(=O)Nc3cccc(-c4csc(NC(=O)CN5CCC(C(N)=O)CC5)n4)c3)cccc12. The minimum Gasteiger partial charge on any atom is -0.377 e. The number of aromatic nitrogens is 1. The van der Waals surface area contributed by atoms with Gasteiger partial charge in [0.2, 0.25) is 11.8 Å². The summed E-state index contributed by atoms with van der Waals surface area (Å²) in [7, 11) is -0.0439. The molecule has 0 unspecified atom stereocenters. The van der Waals surface area contributed by atoms with Crippen molar-refractivity contribution in [1.82, 2.24) is 9.88 Å². The predicted molar refractivity (Wildman–Crippen MR) is 164 cm³/mol. The van der Waals surface area contributed by atoms with Gasteiger partial charge in [-0.15, -0.1) is 11.3 Å². The average molecular weight is 593 g/mol. The van der Waals surface area contributed by atoms with E-state index in [0.717, 1.165) is 11.1 Å². The number of nitrogens with zero attached hydrogens (tertiary/aromatic N) is 3. The van der Waals surface area contributed by atoms with Crippen molar-refractivity contribution >= 4 is 60.5 Å². The van der Waals surface area contributed by atoms with E-state index < -0.39 is 10.0 Å². The van der Waals surface area contributed by atoms with Crippen molar-refractivity contribution in [2.45, 2.75) is 17.7 Å². The van der Waals surface area contributed by atoms with Crippen molar-refractivity contribution in [3.8, 4) is 11.3 Å². The summed E-state index contributed by atoms with van der Waals surface area (Å²) in [4.78, 5) is 32.6. The van der Waals surface area contributed by atoms with E-state index in [4.69, 9.17) is 5.73 Å². The molecule has 214 valence electrons. The molecule has 1 aliphatic rings. The van der Waals surface area contributed by atoms with Crippen LogP contribution in [-0.2, 0) is 19.6 Å². The lowest BCUT2D eigenvalue weighted by atomic mass is 9.96. The molecule has 4 aromatic rings. The van der Waals surface area contributed by atoms with Crippen LogP contribution in [-0.4, -0.2) is 63.8 Å². The van der Waals surface area contributed by atoms with Crippen molar-refractivity contribution in [2.75, 3.05) is 48.7 Å². The Kier molecular flexibility index (Phi) is 8.25. The zero-order chi connectivity index (χ0) is 29.1. The quantitative estimate of drug-likeness (QED) is 0.267. The molecule has 3 aromatic carbocycles. The Morgan fingerprint density at radius 3 is 2.49 bits per heavy atom. The lowest BCUT2D eigenvalue weighted by Crippen LogP contribution is -2.42. The zero-order valence-electron chi connectivity index (χ0n) is 22.8. The van der Waals surface area contributed by atoms with Crippen molar-refractivity contribution in [3.05, 3.63) is 66.0 Å². The Balaban J connectivity index is 1.27. The first kappa shape index (κ1) is 28.5. The summed E-state index contributed by atoms with van der Waals surface area (Å²) in [5.74, 6) is -0.593. The van der Waals surface area contributed by atoms with E-state index in [9.17, 15) is 18.0 Å². The molecule has 0 spiro atoms. The highest BCUT2D eigenvalue weighted by Gasteiger charge is 2.24. The van der Waals surface area contributed by atoms with E-state index in [1.165, 1.54) is 11.3 Å². The van der Waals surface area contributed by atoms with Gasteiger partial charge < -0.3 is 16.0 Å². The van der Waals surface area contributed by atoms with Gasteiger partial charge in [0.15, 0.2) is 5.13 Å². The van der Waals surface area contributed by atoms with Gasteiger partial charge in [0.1, 0.15) is 0 Å². The van der Waals surface area contributed by atoms with Gasteiger partial charge in [-0.05, 0) is 50.2 Å². The number of amides is 2. The third-order valence-corrected chi connectivity index (χ3v) is 9.35. The van der Waals surface area contributed by atoms with Gasteiger partial charge in [-0.25, -0.2) is 13.4 Å². The summed E-state index contributed by atoms with van der Waals surface area (Å²) < 4.78 is 29.7. The van der Waals surface area contributed by atoms with E-state index in [0.29, 0.717) is 53.4 Å². The molecule has 0 radical (unpaired) electrons. The summed E-state index contributed by atoms with van der Waals surface area (Å²) in [6, 6.07) is 17.9. The van der Waals surface area contributed by atoms with E-state index in [2.05, 4.69) is 15.0 Å². The van der Waals surface area contributed by atoms with Crippen molar-refractivity contribution in [1.29, 1.82) is 0 Å². The Morgan fingerprint density at radius 1 is 1.05 bits per heavy atom. The molecule has 2 amide bonds. The van der Waals surface area contributed by atoms with Crippen molar-refractivity contribution in [2.24, 2.45) is 11.7 Å². The summed E-state index contributed by atoms with van der Waals surface area (Å²) in [5.41, 5.74) is 8.05. The van der Waals surface area contributed by atoms with Crippen LogP contribution in [0.4, 0.5) is 16.5 Å². The number of sulfonamides is 1. The molecule has 1 aliphatic heterocycles. The molecule has 1 fully saturated rings. The molecule has 5 rings (SSSR count). The lowest BCUT2D eigenvalue weighted by molar-refractivity contribution is -0.123. The number of fused-ring (bicyclic) bond motifs is 1. The topological polar surface area (TPSA) is 138 Å². The van der Waals surface area contributed by atoms with Crippen LogP contribution in [0, 0.1) is 5.92 Å². The molecule has 1 aromatic heterocycles. The number of hydrogen-bond donors (Lipinski definition) is 3. The van der Waals surface area contributed by atoms with E-state index in [-0.39, 0.29) is 29.2 Å². The molecule has 10 nitrogen and oxygen atoms in total. The van der Waals surface area contributed by atoms with Gasteiger partial charge >= 0.3 is 0 Å². The monoisotopic (exact) mass is 592 g/mol. The van der Waals surface area contributed by atoms with Crippen LogP contribution in [0.2, 0.25) is 0 Å². The molecule has 41 heavy (non-hydrogen) atoms. The van der Waals surface area contributed by atoms with Crippen LogP contribution in [0.5, 0.6) is 0 Å². The van der Waals surface area contributed by atoms with Crippen LogP contribution in [0.25, 0.3) is 22.0 Å². The second-order valence-corrected chi connectivity index (χ2v) is 12.8. The van der Waals surface area contributed by atoms with Gasteiger partial charge in [-0.1, -0.05) is 36.4 Å². The van der Waals surface area contributed by atoms with Crippen molar-refractivity contribution in [3.63, 3.8) is 0 Å². The highest BCUT2D eigenvalue weighted by molar-refractivity contribution is 7.93. The minimum absolute atomic E-state index is 0.126. The number of anilines is 3. The highest BCUT2D eigenvalue weighted by Crippen LogP contribution is 2.32. The highest BCUT2D eigenvalue weighted by atomic mass is 32.2. The van der Waals surface area contributed by atoms with Gasteiger partial charge in [0, 0.05) is 53.1 Å². The fourth-order valence-electron chi connectivity index (χ4n) is 5.04. The number of carbonyl (C=O) groups is 2. The molecule has 4 N–H and O–H groups in total. The number of thiazole rings is 1. The average Bonchev–Trinajstić information content (AvgIpc) is 3.40. The number of carbonyl (C=O) groups excluding carboxylic acids is 2. The van der Waals surface area contributed by atoms with Crippen LogP contribution in [0.15, 0.2) is 70.9 Å². The summed E-state index contributed by atoms with van der Waals surface area (Å²) in [6.07, 6.45) is 1.31. The number of benzene rings is 3. The number of nitrogens with two attached hydrogens (primary N) is 1. The molecule has 0 bridgehead atoms. The fourth-order valence-corrected chi connectivity index (χ4v) is 7.05. The Labute approximate surface area is 243 Å². The number of likely N-dealkylation sites (tertiary alicyclic amines) is 1. The molecular weight excluding hydrogens is 560 g/mol. The van der Waals surface area contributed by atoms with Crippen LogP contribution >= 0.6 is 11.3 Å². The Hall–Kier alpha value is -4.00. The van der Waals surface area contributed by atoms with Crippen LogP contribution in [0.3, 0.4) is 0 Å². The normalized spacial score (nSPS) is 14.6.